The highest BCUT2D eigenvalue weighted by molar-refractivity contribution is 9.10. The molecule has 0 bridgehead atoms. The molecule has 1 aliphatic rings. The summed E-state index contributed by atoms with van der Waals surface area (Å²) in [5, 5.41) is 0. The van der Waals surface area contributed by atoms with E-state index in [1.54, 1.807) is 0 Å². The molecular formula is C16H25BrN2O. The van der Waals surface area contributed by atoms with Crippen LogP contribution >= 0.6 is 15.9 Å². The molecule has 1 fully saturated rings. The van der Waals surface area contributed by atoms with Crippen LogP contribution in [0.25, 0.3) is 0 Å². The molecule has 0 spiro atoms. The lowest BCUT2D eigenvalue weighted by atomic mass is 10.1. The Bertz CT molecular complexity index is 419. The van der Waals surface area contributed by atoms with E-state index in [0.29, 0.717) is 0 Å². The average Bonchev–Trinajstić information content (AvgIpc) is 2.45. The van der Waals surface area contributed by atoms with Crippen LogP contribution in [0, 0.1) is 13.8 Å². The van der Waals surface area contributed by atoms with E-state index < -0.39 is 0 Å². The van der Waals surface area contributed by atoms with Crippen molar-refractivity contribution < 1.29 is 4.74 Å². The van der Waals surface area contributed by atoms with Crippen LogP contribution in [-0.2, 0) is 0 Å². The molecule has 1 heterocycles. The lowest BCUT2D eigenvalue weighted by Crippen LogP contribution is -2.47. The smallest absolute Gasteiger partial charge is 0.119 e. The van der Waals surface area contributed by atoms with Crippen molar-refractivity contribution in [1.82, 2.24) is 9.80 Å². The second kappa shape index (κ2) is 7.43. The molecule has 0 radical (unpaired) electrons. The first-order chi connectivity index (χ1) is 9.60. The third kappa shape index (κ3) is 4.21. The first-order valence-electron chi connectivity index (χ1n) is 7.44. The Morgan fingerprint density at radius 1 is 1.05 bits per heavy atom. The highest BCUT2D eigenvalue weighted by atomic mass is 79.9. The highest BCUT2D eigenvalue weighted by Gasteiger charge is 2.15. The van der Waals surface area contributed by atoms with E-state index in [2.05, 4.69) is 58.6 Å². The van der Waals surface area contributed by atoms with Gasteiger partial charge in [-0.3, -0.25) is 4.90 Å². The maximum atomic E-state index is 5.90. The van der Waals surface area contributed by atoms with Crippen molar-refractivity contribution in [2.24, 2.45) is 0 Å². The van der Waals surface area contributed by atoms with Crippen molar-refractivity contribution in [3.8, 4) is 5.75 Å². The number of rotatable bonds is 5. The third-order valence-corrected chi connectivity index (χ3v) is 5.25. The molecule has 0 aliphatic carbocycles. The predicted molar refractivity (Wildman–Crippen MR) is 87.7 cm³/mol. The van der Waals surface area contributed by atoms with Gasteiger partial charge in [-0.2, -0.15) is 0 Å². The fourth-order valence-electron chi connectivity index (χ4n) is 2.61. The number of aryl methyl sites for hydroxylation is 2. The number of piperazine rings is 1. The van der Waals surface area contributed by atoms with Crippen molar-refractivity contribution >= 4 is 15.9 Å². The lowest BCUT2D eigenvalue weighted by molar-refractivity contribution is 0.121. The number of nitrogens with zero attached hydrogens (tertiary/aromatic N) is 2. The van der Waals surface area contributed by atoms with Gasteiger partial charge in [0, 0.05) is 37.2 Å². The molecular weight excluding hydrogens is 316 g/mol. The van der Waals surface area contributed by atoms with Gasteiger partial charge < -0.3 is 9.64 Å². The molecule has 0 amide bonds. The fourth-order valence-corrected chi connectivity index (χ4v) is 2.84. The van der Waals surface area contributed by atoms with E-state index in [9.17, 15) is 0 Å². The van der Waals surface area contributed by atoms with Crippen LogP contribution in [0.4, 0.5) is 0 Å². The Morgan fingerprint density at radius 2 is 1.60 bits per heavy atom. The molecule has 0 saturated carbocycles. The van der Waals surface area contributed by atoms with E-state index in [4.69, 9.17) is 4.74 Å². The zero-order valence-corrected chi connectivity index (χ0v) is 14.4. The highest BCUT2D eigenvalue weighted by Crippen LogP contribution is 2.26. The SMILES string of the molecule is CCN1CCN(CCOc2cc(C)c(Br)c(C)c2)CC1. The normalized spacial score (nSPS) is 17.4. The van der Waals surface area contributed by atoms with E-state index in [0.717, 1.165) is 32.0 Å². The molecule has 20 heavy (non-hydrogen) atoms. The van der Waals surface area contributed by atoms with Gasteiger partial charge in [0.15, 0.2) is 0 Å². The zero-order valence-electron chi connectivity index (χ0n) is 12.8. The summed E-state index contributed by atoms with van der Waals surface area (Å²) < 4.78 is 7.08. The monoisotopic (exact) mass is 340 g/mol. The molecule has 1 saturated heterocycles. The summed E-state index contributed by atoms with van der Waals surface area (Å²) in [6.45, 7) is 14.1. The standard InChI is InChI=1S/C16H25BrN2O/c1-4-18-5-7-19(8-6-18)9-10-20-15-11-13(2)16(17)14(3)12-15/h11-12H,4-10H2,1-3H3. The van der Waals surface area contributed by atoms with Crippen molar-refractivity contribution in [3.05, 3.63) is 27.7 Å². The largest absolute Gasteiger partial charge is 0.492 e. The van der Waals surface area contributed by atoms with Gasteiger partial charge in [0.1, 0.15) is 12.4 Å². The van der Waals surface area contributed by atoms with Crippen LogP contribution in [0.5, 0.6) is 5.75 Å². The second-order valence-corrected chi connectivity index (χ2v) is 6.29. The van der Waals surface area contributed by atoms with E-state index in [-0.39, 0.29) is 0 Å². The number of benzene rings is 1. The Kier molecular flexibility index (Phi) is 5.87. The topological polar surface area (TPSA) is 15.7 Å². The van der Waals surface area contributed by atoms with E-state index in [1.165, 1.54) is 35.2 Å². The van der Waals surface area contributed by atoms with E-state index >= 15 is 0 Å². The second-order valence-electron chi connectivity index (χ2n) is 5.50. The number of hydrogen-bond donors (Lipinski definition) is 0. The summed E-state index contributed by atoms with van der Waals surface area (Å²) in [6.07, 6.45) is 0. The molecule has 1 aromatic carbocycles. The molecule has 1 aliphatic heterocycles. The molecule has 0 atom stereocenters. The Morgan fingerprint density at radius 3 is 2.15 bits per heavy atom. The Hall–Kier alpha value is -0.580. The first-order valence-corrected chi connectivity index (χ1v) is 8.23. The minimum absolute atomic E-state index is 0.770. The maximum absolute atomic E-state index is 5.90. The summed E-state index contributed by atoms with van der Waals surface area (Å²) in [5.41, 5.74) is 2.47. The minimum atomic E-state index is 0.770. The summed E-state index contributed by atoms with van der Waals surface area (Å²) >= 11 is 3.59. The molecule has 1 aromatic rings. The molecule has 2 rings (SSSR count). The van der Waals surface area contributed by atoms with Crippen molar-refractivity contribution in [1.29, 1.82) is 0 Å². The van der Waals surface area contributed by atoms with Gasteiger partial charge in [0.2, 0.25) is 0 Å². The summed E-state index contributed by atoms with van der Waals surface area (Å²) in [7, 11) is 0. The van der Waals surface area contributed by atoms with Crippen LogP contribution in [0.1, 0.15) is 18.1 Å². The van der Waals surface area contributed by atoms with Crippen LogP contribution in [0.3, 0.4) is 0 Å². The summed E-state index contributed by atoms with van der Waals surface area (Å²) in [4.78, 5) is 4.99. The van der Waals surface area contributed by atoms with Gasteiger partial charge in [-0.05, 0) is 43.7 Å². The minimum Gasteiger partial charge on any atom is -0.492 e. The average molecular weight is 341 g/mol. The van der Waals surface area contributed by atoms with Gasteiger partial charge in [0.05, 0.1) is 0 Å². The van der Waals surface area contributed by atoms with Gasteiger partial charge in [-0.1, -0.05) is 22.9 Å². The molecule has 0 N–H and O–H groups in total. The molecule has 112 valence electrons. The molecule has 3 nitrogen and oxygen atoms in total. The maximum Gasteiger partial charge on any atom is 0.119 e. The first kappa shape index (κ1) is 15.8. The Balaban J connectivity index is 1.76. The predicted octanol–water partition coefficient (Wildman–Crippen LogP) is 3.08. The van der Waals surface area contributed by atoms with Gasteiger partial charge >= 0.3 is 0 Å². The summed E-state index contributed by atoms with van der Waals surface area (Å²) in [6, 6.07) is 4.21. The molecule has 0 aromatic heterocycles. The number of halogens is 1. The van der Waals surface area contributed by atoms with Gasteiger partial charge in [0.25, 0.3) is 0 Å². The van der Waals surface area contributed by atoms with E-state index in [1.807, 2.05) is 0 Å². The number of likely N-dealkylation sites (N-methyl/N-ethyl adjacent to an activating group) is 1. The van der Waals surface area contributed by atoms with Crippen molar-refractivity contribution in [3.63, 3.8) is 0 Å². The lowest BCUT2D eigenvalue weighted by Gasteiger charge is -2.33. The van der Waals surface area contributed by atoms with Crippen LogP contribution in [0.15, 0.2) is 16.6 Å². The molecule has 0 unspecified atom stereocenters. The van der Waals surface area contributed by atoms with Crippen molar-refractivity contribution in [2.75, 3.05) is 45.9 Å². The van der Waals surface area contributed by atoms with Gasteiger partial charge in [-0.15, -0.1) is 0 Å². The number of ether oxygens (including phenoxy) is 1. The van der Waals surface area contributed by atoms with Crippen molar-refractivity contribution in [2.45, 2.75) is 20.8 Å². The number of hydrogen-bond acceptors (Lipinski definition) is 3. The van der Waals surface area contributed by atoms with Gasteiger partial charge in [-0.25, -0.2) is 0 Å². The summed E-state index contributed by atoms with van der Waals surface area (Å²) in [5.74, 6) is 0.982. The molecule has 4 heteroatoms. The third-order valence-electron chi connectivity index (χ3n) is 4.00. The quantitative estimate of drug-likeness (QED) is 0.819. The van der Waals surface area contributed by atoms with Crippen LogP contribution in [0.2, 0.25) is 0 Å². The Labute approximate surface area is 131 Å². The fraction of sp³-hybridized carbons (Fsp3) is 0.625. The zero-order chi connectivity index (χ0) is 14.5. The van der Waals surface area contributed by atoms with Crippen LogP contribution < -0.4 is 4.74 Å². The van der Waals surface area contributed by atoms with Crippen LogP contribution in [-0.4, -0.2) is 55.7 Å².